The van der Waals surface area contributed by atoms with Gasteiger partial charge in [0, 0.05) is 22.6 Å². The standard InChI is InChI=1S/C26H17ClO8/c1-31-19-6-13(7-20-25(19)34-11-33-20)15-8-21(29)35-18-9-17(28)23-24(30)16(10-32-26(23)22(15)18)12-2-4-14(27)5-3-12/h2-7,9-10,15,28H,8,11H2,1H3/t15-/m0/s1. The summed E-state index contributed by atoms with van der Waals surface area (Å²) in [6, 6.07) is 11.5. The number of ether oxygens (including phenoxy) is 4. The molecule has 2 aliphatic heterocycles. The first-order valence-corrected chi connectivity index (χ1v) is 11.1. The number of esters is 1. The number of phenolic OH excluding ortho intramolecular Hbond substituents is 1. The quantitative estimate of drug-likeness (QED) is 0.315. The third kappa shape index (κ3) is 3.37. The van der Waals surface area contributed by atoms with Crippen molar-refractivity contribution in [2.24, 2.45) is 0 Å². The highest BCUT2D eigenvalue weighted by atomic mass is 35.5. The third-order valence-electron chi connectivity index (χ3n) is 6.21. The number of carbonyl (C=O) groups excluding carboxylic acids is 1. The van der Waals surface area contributed by atoms with Gasteiger partial charge in [-0.2, -0.15) is 0 Å². The van der Waals surface area contributed by atoms with E-state index >= 15 is 0 Å². The zero-order valence-electron chi connectivity index (χ0n) is 18.3. The summed E-state index contributed by atoms with van der Waals surface area (Å²) < 4.78 is 27.9. The van der Waals surface area contributed by atoms with Crippen LogP contribution in [-0.2, 0) is 4.79 Å². The van der Waals surface area contributed by atoms with Gasteiger partial charge in [-0.05, 0) is 35.4 Å². The van der Waals surface area contributed by atoms with Crippen LogP contribution in [-0.4, -0.2) is 25.0 Å². The Morgan fingerprint density at radius 1 is 1.06 bits per heavy atom. The van der Waals surface area contributed by atoms with Gasteiger partial charge in [-0.25, -0.2) is 0 Å². The number of phenols is 1. The fourth-order valence-electron chi connectivity index (χ4n) is 4.60. The minimum absolute atomic E-state index is 0.00754. The molecule has 0 radical (unpaired) electrons. The van der Waals surface area contributed by atoms with Crippen molar-refractivity contribution in [2.75, 3.05) is 13.9 Å². The van der Waals surface area contributed by atoms with Crippen LogP contribution in [0.2, 0.25) is 5.02 Å². The number of methoxy groups -OCH3 is 1. The van der Waals surface area contributed by atoms with Gasteiger partial charge in [0.1, 0.15) is 28.7 Å². The molecule has 176 valence electrons. The van der Waals surface area contributed by atoms with Crippen LogP contribution in [0.1, 0.15) is 23.5 Å². The molecule has 0 spiro atoms. The van der Waals surface area contributed by atoms with Gasteiger partial charge in [-0.1, -0.05) is 23.7 Å². The van der Waals surface area contributed by atoms with Gasteiger partial charge in [0.25, 0.3) is 0 Å². The van der Waals surface area contributed by atoms with Crippen LogP contribution in [0, 0.1) is 0 Å². The van der Waals surface area contributed by atoms with E-state index in [1.54, 1.807) is 36.4 Å². The van der Waals surface area contributed by atoms with Crippen molar-refractivity contribution in [3.05, 3.63) is 75.1 Å². The lowest BCUT2D eigenvalue weighted by Gasteiger charge is -2.26. The van der Waals surface area contributed by atoms with Gasteiger partial charge in [-0.15, -0.1) is 0 Å². The van der Waals surface area contributed by atoms with E-state index in [2.05, 4.69) is 0 Å². The van der Waals surface area contributed by atoms with E-state index in [1.807, 2.05) is 0 Å². The van der Waals surface area contributed by atoms with E-state index in [-0.39, 0.29) is 41.2 Å². The van der Waals surface area contributed by atoms with E-state index in [1.165, 1.54) is 19.4 Å². The SMILES string of the molecule is COc1cc([C@@H]2CC(=O)Oc3cc(O)c4c(=O)c(-c5ccc(Cl)cc5)coc4c32)cc2c1OCO2. The Labute approximate surface area is 203 Å². The Morgan fingerprint density at radius 2 is 1.86 bits per heavy atom. The lowest BCUT2D eigenvalue weighted by Crippen LogP contribution is -2.22. The Hall–Kier alpha value is -4.17. The van der Waals surface area contributed by atoms with E-state index in [0.717, 1.165) is 0 Å². The molecule has 1 atom stereocenters. The highest BCUT2D eigenvalue weighted by Crippen LogP contribution is 2.49. The molecular weight excluding hydrogens is 476 g/mol. The summed E-state index contributed by atoms with van der Waals surface area (Å²) in [5.74, 6) is 0.139. The van der Waals surface area contributed by atoms with Crippen LogP contribution in [0.4, 0.5) is 0 Å². The number of halogens is 1. The highest BCUT2D eigenvalue weighted by Gasteiger charge is 2.35. The van der Waals surface area contributed by atoms with Gasteiger partial charge >= 0.3 is 5.97 Å². The first-order valence-electron chi connectivity index (χ1n) is 10.7. The molecule has 0 saturated carbocycles. The second-order valence-electron chi connectivity index (χ2n) is 8.18. The zero-order chi connectivity index (χ0) is 24.3. The second-order valence-corrected chi connectivity index (χ2v) is 8.62. The van der Waals surface area contributed by atoms with Crippen molar-refractivity contribution in [3.8, 4) is 39.9 Å². The summed E-state index contributed by atoms with van der Waals surface area (Å²) in [6.07, 6.45) is 1.32. The van der Waals surface area contributed by atoms with Crippen molar-refractivity contribution >= 4 is 28.5 Å². The minimum atomic E-state index is -0.553. The molecule has 0 bridgehead atoms. The third-order valence-corrected chi connectivity index (χ3v) is 6.46. The zero-order valence-corrected chi connectivity index (χ0v) is 19.0. The Kier molecular flexibility index (Phi) is 4.86. The van der Waals surface area contributed by atoms with Crippen molar-refractivity contribution in [2.45, 2.75) is 12.3 Å². The van der Waals surface area contributed by atoms with Crippen LogP contribution in [0.15, 0.2) is 57.9 Å². The number of hydrogen-bond donors (Lipinski definition) is 1. The molecule has 0 saturated heterocycles. The van der Waals surface area contributed by atoms with E-state index < -0.39 is 17.3 Å². The van der Waals surface area contributed by atoms with Crippen LogP contribution in [0.3, 0.4) is 0 Å². The normalized spacial score (nSPS) is 16.2. The van der Waals surface area contributed by atoms with Gasteiger partial charge < -0.3 is 28.5 Å². The van der Waals surface area contributed by atoms with Gasteiger partial charge in [0.05, 0.1) is 19.1 Å². The Balaban J connectivity index is 1.59. The van der Waals surface area contributed by atoms with Crippen molar-refractivity contribution in [1.29, 1.82) is 0 Å². The number of rotatable bonds is 3. The molecule has 0 amide bonds. The summed E-state index contributed by atoms with van der Waals surface area (Å²) in [4.78, 5) is 25.9. The second kappa shape index (κ2) is 7.95. The predicted octanol–water partition coefficient (Wildman–Crippen LogP) is 5.00. The molecule has 1 aromatic heterocycles. The fourth-order valence-corrected chi connectivity index (χ4v) is 4.72. The smallest absolute Gasteiger partial charge is 0.312 e. The molecule has 1 N–H and O–H groups in total. The first kappa shape index (κ1) is 21.4. The molecule has 0 unspecified atom stereocenters. The lowest BCUT2D eigenvalue weighted by molar-refractivity contribution is -0.135. The summed E-state index contributed by atoms with van der Waals surface area (Å²) >= 11 is 5.97. The summed E-state index contributed by atoms with van der Waals surface area (Å²) in [7, 11) is 1.51. The molecule has 35 heavy (non-hydrogen) atoms. The maximum absolute atomic E-state index is 13.5. The van der Waals surface area contributed by atoms with Gasteiger partial charge in [0.15, 0.2) is 11.5 Å². The van der Waals surface area contributed by atoms with Gasteiger partial charge in [-0.3, -0.25) is 9.59 Å². The summed E-state index contributed by atoms with van der Waals surface area (Å²) in [5.41, 5.74) is 1.72. The van der Waals surface area contributed by atoms with Crippen molar-refractivity contribution in [3.63, 3.8) is 0 Å². The number of aromatic hydroxyl groups is 1. The maximum atomic E-state index is 13.5. The fraction of sp³-hybridized carbons (Fsp3) is 0.154. The number of hydrogen-bond acceptors (Lipinski definition) is 8. The van der Waals surface area contributed by atoms with E-state index in [0.29, 0.717) is 39.0 Å². The van der Waals surface area contributed by atoms with Crippen molar-refractivity contribution < 1.29 is 33.3 Å². The Bertz CT molecular complexity index is 1570. The lowest BCUT2D eigenvalue weighted by atomic mass is 9.84. The van der Waals surface area contributed by atoms with Crippen LogP contribution < -0.4 is 24.4 Å². The average Bonchev–Trinajstić information content (AvgIpc) is 3.32. The predicted molar refractivity (Wildman–Crippen MR) is 126 cm³/mol. The largest absolute Gasteiger partial charge is 0.507 e. The topological polar surface area (TPSA) is 104 Å². The minimum Gasteiger partial charge on any atom is -0.507 e. The summed E-state index contributed by atoms with van der Waals surface area (Å²) in [6.45, 7) is 0.0532. The van der Waals surface area contributed by atoms with E-state index in [9.17, 15) is 14.7 Å². The highest BCUT2D eigenvalue weighted by molar-refractivity contribution is 6.30. The molecule has 3 heterocycles. The molecule has 2 aliphatic rings. The number of benzene rings is 3. The number of fused-ring (bicyclic) bond motifs is 4. The van der Waals surface area contributed by atoms with E-state index in [4.69, 9.17) is 35.0 Å². The van der Waals surface area contributed by atoms with Crippen LogP contribution >= 0.6 is 11.6 Å². The molecule has 0 aliphatic carbocycles. The molecule has 4 aromatic rings. The maximum Gasteiger partial charge on any atom is 0.312 e. The Morgan fingerprint density at radius 3 is 2.63 bits per heavy atom. The number of carbonyl (C=O) groups is 1. The molecule has 3 aromatic carbocycles. The van der Waals surface area contributed by atoms with Crippen molar-refractivity contribution in [1.82, 2.24) is 0 Å². The van der Waals surface area contributed by atoms with Crippen LogP contribution in [0.25, 0.3) is 22.1 Å². The summed E-state index contributed by atoms with van der Waals surface area (Å²) in [5, 5.41) is 11.3. The first-order chi connectivity index (χ1) is 16.9. The molecule has 0 fully saturated rings. The monoisotopic (exact) mass is 492 g/mol. The van der Waals surface area contributed by atoms with Gasteiger partial charge in [0.2, 0.25) is 18.0 Å². The average molecular weight is 493 g/mol. The van der Waals surface area contributed by atoms with Crippen LogP contribution in [0.5, 0.6) is 28.7 Å². The molecule has 8 nitrogen and oxygen atoms in total. The molecular formula is C26H17ClO8. The molecule has 6 rings (SSSR count). The molecule has 9 heteroatoms.